The number of fused-ring (bicyclic) bond motifs is 2. The molecule has 1 aromatic rings. The molecule has 21 heavy (non-hydrogen) atoms. The molecule has 0 aromatic heterocycles. The minimum Gasteiger partial charge on any atom is -0.481 e. The van der Waals surface area contributed by atoms with Crippen molar-refractivity contribution in [2.45, 2.75) is 19.1 Å². The summed E-state index contributed by atoms with van der Waals surface area (Å²) in [6.07, 6.45) is 2.53. The van der Waals surface area contributed by atoms with Gasteiger partial charge in [0.2, 0.25) is 5.91 Å². The Kier molecular flexibility index (Phi) is 3.59. The number of carbonyl (C=O) groups excluding carboxylic acids is 1. The van der Waals surface area contributed by atoms with E-state index < -0.39 is 30.0 Å². The molecule has 4 atom stereocenters. The maximum absolute atomic E-state index is 12.4. The van der Waals surface area contributed by atoms with E-state index in [2.05, 4.69) is 21.2 Å². The van der Waals surface area contributed by atoms with Gasteiger partial charge in [0.1, 0.15) is 5.92 Å². The van der Waals surface area contributed by atoms with E-state index in [9.17, 15) is 14.7 Å². The molecule has 1 fully saturated rings. The highest BCUT2D eigenvalue weighted by Gasteiger charge is 2.53. The van der Waals surface area contributed by atoms with Gasteiger partial charge in [0, 0.05) is 10.2 Å². The molecule has 0 saturated carbocycles. The predicted octanol–water partition coefficient (Wildman–Crippen LogP) is 2.35. The number of amides is 1. The Morgan fingerprint density at radius 2 is 1.90 bits per heavy atom. The molecule has 0 radical (unpaired) electrons. The van der Waals surface area contributed by atoms with Gasteiger partial charge in [-0.2, -0.15) is 0 Å². The average Bonchev–Trinajstić information content (AvgIpc) is 3.03. The van der Waals surface area contributed by atoms with Crippen LogP contribution in [0.4, 0.5) is 5.69 Å². The van der Waals surface area contributed by atoms with Crippen LogP contribution in [0.5, 0.6) is 0 Å². The molecular weight excluding hydrogens is 338 g/mol. The lowest BCUT2D eigenvalue weighted by atomic mass is 9.82. The highest BCUT2D eigenvalue weighted by Crippen LogP contribution is 2.39. The van der Waals surface area contributed by atoms with Crippen LogP contribution in [-0.4, -0.2) is 29.2 Å². The highest BCUT2D eigenvalue weighted by molar-refractivity contribution is 9.10. The molecule has 6 heteroatoms. The molecule has 1 amide bonds. The topological polar surface area (TPSA) is 75.6 Å². The van der Waals surface area contributed by atoms with Crippen LogP contribution in [-0.2, 0) is 14.3 Å². The van der Waals surface area contributed by atoms with E-state index >= 15 is 0 Å². The van der Waals surface area contributed by atoms with E-state index in [-0.39, 0.29) is 5.91 Å². The lowest BCUT2D eigenvalue weighted by Gasteiger charge is -2.21. The summed E-state index contributed by atoms with van der Waals surface area (Å²) < 4.78 is 6.45. The Morgan fingerprint density at radius 3 is 2.52 bits per heavy atom. The number of aliphatic carboxylic acids is 1. The van der Waals surface area contributed by atoms with Gasteiger partial charge in [-0.25, -0.2) is 0 Å². The number of carboxylic acid groups (broad SMARTS) is 1. The van der Waals surface area contributed by atoms with Crippen molar-refractivity contribution in [3.05, 3.63) is 40.4 Å². The van der Waals surface area contributed by atoms with Gasteiger partial charge >= 0.3 is 5.97 Å². The van der Waals surface area contributed by atoms with Crippen LogP contribution in [0, 0.1) is 18.8 Å². The Morgan fingerprint density at radius 1 is 1.24 bits per heavy atom. The Hall–Kier alpha value is -1.66. The summed E-state index contributed by atoms with van der Waals surface area (Å²) >= 11 is 3.40. The summed E-state index contributed by atoms with van der Waals surface area (Å²) in [6.45, 7) is 1.92. The van der Waals surface area contributed by atoms with E-state index in [1.54, 1.807) is 18.2 Å². The lowest BCUT2D eigenvalue weighted by molar-refractivity contribution is -0.145. The van der Waals surface area contributed by atoms with Crippen molar-refractivity contribution in [2.24, 2.45) is 11.8 Å². The number of halogens is 1. The molecule has 5 nitrogen and oxygen atoms in total. The van der Waals surface area contributed by atoms with E-state index in [4.69, 9.17) is 4.74 Å². The van der Waals surface area contributed by atoms with Crippen LogP contribution in [0.15, 0.2) is 34.8 Å². The van der Waals surface area contributed by atoms with Crippen molar-refractivity contribution in [1.29, 1.82) is 0 Å². The number of ether oxygens (including phenoxy) is 1. The monoisotopic (exact) mass is 351 g/mol. The Labute approximate surface area is 130 Å². The first-order valence-corrected chi connectivity index (χ1v) is 7.40. The van der Waals surface area contributed by atoms with E-state index in [1.165, 1.54) is 0 Å². The first-order valence-electron chi connectivity index (χ1n) is 6.61. The first kappa shape index (κ1) is 14.3. The van der Waals surface area contributed by atoms with Crippen LogP contribution in [0.2, 0.25) is 0 Å². The molecule has 110 valence electrons. The fraction of sp³-hybridized carbons (Fsp3) is 0.333. The van der Waals surface area contributed by atoms with Crippen molar-refractivity contribution >= 4 is 33.5 Å². The van der Waals surface area contributed by atoms with Crippen molar-refractivity contribution in [3.63, 3.8) is 0 Å². The molecule has 2 aliphatic rings. The number of hydrogen-bond acceptors (Lipinski definition) is 3. The van der Waals surface area contributed by atoms with E-state index in [0.717, 1.165) is 10.0 Å². The zero-order valence-corrected chi connectivity index (χ0v) is 12.8. The predicted molar refractivity (Wildman–Crippen MR) is 79.9 cm³/mol. The van der Waals surface area contributed by atoms with Gasteiger partial charge in [-0.05, 0) is 30.7 Å². The minimum absolute atomic E-state index is 0.319. The van der Waals surface area contributed by atoms with Crippen LogP contribution in [0.1, 0.15) is 5.56 Å². The molecule has 0 spiro atoms. The summed E-state index contributed by atoms with van der Waals surface area (Å²) in [4.78, 5) is 23.8. The van der Waals surface area contributed by atoms with E-state index in [1.807, 2.05) is 19.1 Å². The number of benzene rings is 1. The van der Waals surface area contributed by atoms with Gasteiger partial charge in [0.15, 0.2) is 0 Å². The molecule has 2 heterocycles. The maximum Gasteiger partial charge on any atom is 0.310 e. The van der Waals surface area contributed by atoms with Crippen LogP contribution >= 0.6 is 15.9 Å². The minimum atomic E-state index is -1.00. The number of nitrogens with one attached hydrogen (secondary N) is 1. The molecule has 1 aromatic carbocycles. The summed E-state index contributed by atoms with van der Waals surface area (Å²) in [7, 11) is 0. The molecule has 2 aliphatic heterocycles. The summed E-state index contributed by atoms with van der Waals surface area (Å²) in [6, 6.07) is 5.45. The second-order valence-electron chi connectivity index (χ2n) is 5.29. The van der Waals surface area contributed by atoms with Crippen molar-refractivity contribution < 1.29 is 19.4 Å². The van der Waals surface area contributed by atoms with Gasteiger partial charge in [-0.1, -0.05) is 28.1 Å². The summed E-state index contributed by atoms with van der Waals surface area (Å²) in [5.74, 6) is -2.84. The molecular formula is C15H14BrNO4. The van der Waals surface area contributed by atoms with Crippen molar-refractivity contribution in [2.75, 3.05) is 5.32 Å². The lowest BCUT2D eigenvalue weighted by Crippen LogP contribution is -2.39. The first-order chi connectivity index (χ1) is 9.97. The summed E-state index contributed by atoms with van der Waals surface area (Å²) in [5, 5.41) is 12.1. The second kappa shape index (κ2) is 5.27. The molecule has 3 rings (SSSR count). The standard InChI is InChI=1S/C15H14BrNO4/c1-7-6-8(2-3-9(7)16)17-14(18)12-10-4-5-11(21-10)13(12)15(19)20/h2-6,10-13H,1H3,(H,17,18)(H,19,20)/t10-,11-,12+,13+/m1/s1. The Balaban J connectivity index is 1.80. The summed E-state index contributed by atoms with van der Waals surface area (Å²) in [5.41, 5.74) is 1.64. The van der Waals surface area contributed by atoms with Gasteiger partial charge in [0.25, 0.3) is 0 Å². The third-order valence-electron chi connectivity index (χ3n) is 3.91. The normalized spacial score (nSPS) is 29.6. The molecule has 0 unspecified atom stereocenters. The number of aryl methyl sites for hydroxylation is 1. The van der Waals surface area contributed by atoms with Gasteiger partial charge in [0.05, 0.1) is 18.1 Å². The third kappa shape index (κ3) is 2.49. The van der Waals surface area contributed by atoms with Crippen molar-refractivity contribution in [1.82, 2.24) is 0 Å². The highest BCUT2D eigenvalue weighted by atomic mass is 79.9. The molecule has 2 bridgehead atoms. The molecule has 2 N–H and O–H groups in total. The average molecular weight is 352 g/mol. The SMILES string of the molecule is Cc1cc(NC(=O)[C@@H]2[C@@H](C(=O)O)[C@H]3C=C[C@H]2O3)ccc1Br. The second-order valence-corrected chi connectivity index (χ2v) is 6.15. The van der Waals surface area contributed by atoms with E-state index in [0.29, 0.717) is 5.69 Å². The van der Waals surface area contributed by atoms with Gasteiger partial charge < -0.3 is 15.2 Å². The fourth-order valence-electron chi connectivity index (χ4n) is 2.86. The zero-order chi connectivity index (χ0) is 15.1. The van der Waals surface area contributed by atoms with Crippen LogP contribution < -0.4 is 5.32 Å². The zero-order valence-electron chi connectivity index (χ0n) is 11.2. The van der Waals surface area contributed by atoms with Crippen LogP contribution in [0.25, 0.3) is 0 Å². The van der Waals surface area contributed by atoms with Crippen molar-refractivity contribution in [3.8, 4) is 0 Å². The Bertz CT molecular complexity index is 643. The van der Waals surface area contributed by atoms with Gasteiger partial charge in [-0.15, -0.1) is 0 Å². The number of rotatable bonds is 3. The largest absolute Gasteiger partial charge is 0.481 e. The van der Waals surface area contributed by atoms with Crippen LogP contribution in [0.3, 0.4) is 0 Å². The number of hydrogen-bond donors (Lipinski definition) is 2. The molecule has 0 aliphatic carbocycles. The third-order valence-corrected chi connectivity index (χ3v) is 4.80. The maximum atomic E-state index is 12.4. The fourth-order valence-corrected chi connectivity index (χ4v) is 3.11. The smallest absolute Gasteiger partial charge is 0.310 e. The number of carbonyl (C=O) groups is 2. The number of anilines is 1. The molecule has 1 saturated heterocycles. The van der Waals surface area contributed by atoms with Gasteiger partial charge in [-0.3, -0.25) is 9.59 Å². The number of carboxylic acids is 1. The quantitative estimate of drug-likeness (QED) is 0.819.